The van der Waals surface area contributed by atoms with Crippen molar-refractivity contribution in [2.24, 2.45) is 0 Å². The predicted molar refractivity (Wildman–Crippen MR) is 68.1 cm³/mol. The van der Waals surface area contributed by atoms with E-state index in [4.69, 9.17) is 4.74 Å². The van der Waals surface area contributed by atoms with Gasteiger partial charge in [-0.15, -0.1) is 0 Å². The highest BCUT2D eigenvalue weighted by molar-refractivity contribution is 5.65. The third kappa shape index (κ3) is 2.55. The summed E-state index contributed by atoms with van der Waals surface area (Å²) in [4.78, 5) is 14.1. The monoisotopic (exact) mass is 239 g/mol. The number of nitrogens with zero attached hydrogens (tertiary/aromatic N) is 1. The van der Waals surface area contributed by atoms with Crippen LogP contribution in [0.1, 0.15) is 52.4 Å². The Morgan fingerprint density at radius 1 is 1.29 bits per heavy atom. The van der Waals surface area contributed by atoms with Gasteiger partial charge in [0.1, 0.15) is 6.29 Å². The van der Waals surface area contributed by atoms with E-state index in [0.717, 1.165) is 39.0 Å². The average Bonchev–Trinajstić information content (AvgIpc) is 2.40. The Balaban J connectivity index is 2.14. The van der Waals surface area contributed by atoms with E-state index < -0.39 is 0 Å². The molecule has 2 rings (SSSR count). The average molecular weight is 239 g/mol. The summed E-state index contributed by atoms with van der Waals surface area (Å²) in [6, 6.07) is 0. The van der Waals surface area contributed by atoms with E-state index in [0.29, 0.717) is 0 Å². The van der Waals surface area contributed by atoms with Crippen LogP contribution in [0, 0.1) is 0 Å². The zero-order valence-corrected chi connectivity index (χ0v) is 11.2. The molecule has 0 amide bonds. The highest BCUT2D eigenvalue weighted by Crippen LogP contribution is 2.38. The summed E-state index contributed by atoms with van der Waals surface area (Å²) in [5.74, 6) is 0. The number of piperidine rings is 1. The number of rotatable bonds is 3. The van der Waals surface area contributed by atoms with Crippen molar-refractivity contribution in [3.8, 4) is 0 Å². The van der Waals surface area contributed by atoms with Gasteiger partial charge in [0.15, 0.2) is 0 Å². The number of hydrogen-bond acceptors (Lipinski definition) is 3. The molecule has 0 radical (unpaired) electrons. The van der Waals surface area contributed by atoms with Gasteiger partial charge in [0.2, 0.25) is 0 Å². The Kier molecular flexibility index (Phi) is 3.88. The molecular weight excluding hydrogens is 214 g/mol. The largest absolute Gasteiger partial charge is 0.375 e. The lowest BCUT2D eigenvalue weighted by molar-refractivity contribution is -0.149. The van der Waals surface area contributed by atoms with Crippen LogP contribution in [-0.4, -0.2) is 42.0 Å². The van der Waals surface area contributed by atoms with Crippen molar-refractivity contribution in [2.75, 3.05) is 19.7 Å². The number of ether oxygens (including phenoxy) is 1. The van der Waals surface area contributed by atoms with Crippen LogP contribution in [-0.2, 0) is 9.53 Å². The molecule has 17 heavy (non-hydrogen) atoms. The second kappa shape index (κ2) is 5.07. The molecule has 0 saturated carbocycles. The summed E-state index contributed by atoms with van der Waals surface area (Å²) >= 11 is 0. The topological polar surface area (TPSA) is 29.5 Å². The molecular formula is C14H25NO2. The van der Waals surface area contributed by atoms with Crippen LogP contribution in [0.2, 0.25) is 0 Å². The fourth-order valence-electron chi connectivity index (χ4n) is 3.27. The van der Waals surface area contributed by atoms with Crippen LogP contribution in [0.4, 0.5) is 0 Å². The van der Waals surface area contributed by atoms with E-state index >= 15 is 0 Å². The fourth-order valence-corrected chi connectivity index (χ4v) is 3.27. The van der Waals surface area contributed by atoms with E-state index in [1.165, 1.54) is 25.5 Å². The molecule has 2 aliphatic rings. The molecule has 2 unspecified atom stereocenters. The molecule has 0 aliphatic carbocycles. The molecule has 98 valence electrons. The Morgan fingerprint density at radius 3 is 2.59 bits per heavy atom. The molecule has 2 aliphatic heterocycles. The maximum absolute atomic E-state index is 11.7. The van der Waals surface area contributed by atoms with Crippen molar-refractivity contribution in [1.29, 1.82) is 0 Å². The van der Waals surface area contributed by atoms with Crippen LogP contribution in [0.25, 0.3) is 0 Å². The molecule has 2 atom stereocenters. The van der Waals surface area contributed by atoms with Gasteiger partial charge >= 0.3 is 0 Å². The van der Waals surface area contributed by atoms with Gasteiger partial charge < -0.3 is 9.53 Å². The lowest BCUT2D eigenvalue weighted by Gasteiger charge is -2.50. The van der Waals surface area contributed by atoms with Crippen LogP contribution in [0.5, 0.6) is 0 Å². The Hall–Kier alpha value is -0.410. The highest BCUT2D eigenvalue weighted by Gasteiger charge is 2.46. The number of likely N-dealkylation sites (tertiary alicyclic amines) is 1. The summed E-state index contributed by atoms with van der Waals surface area (Å²) in [5, 5.41) is 0. The van der Waals surface area contributed by atoms with Gasteiger partial charge in [-0.2, -0.15) is 0 Å². The smallest absolute Gasteiger partial charge is 0.140 e. The molecule has 0 aromatic heterocycles. The third-order valence-electron chi connectivity index (χ3n) is 4.62. The lowest BCUT2D eigenvalue weighted by atomic mass is 9.78. The minimum atomic E-state index is -0.247. The summed E-state index contributed by atoms with van der Waals surface area (Å²) < 4.78 is 5.88. The van der Waals surface area contributed by atoms with Crippen LogP contribution >= 0.6 is 0 Å². The molecule has 0 aromatic rings. The molecule has 3 nitrogen and oxygen atoms in total. The summed E-state index contributed by atoms with van der Waals surface area (Å²) in [6.07, 6.45) is 7.70. The third-order valence-corrected chi connectivity index (χ3v) is 4.62. The Bertz CT molecular complexity index is 275. The van der Waals surface area contributed by atoms with Crippen LogP contribution in [0.3, 0.4) is 0 Å². The molecule has 0 bridgehead atoms. The highest BCUT2D eigenvalue weighted by atomic mass is 16.5. The van der Waals surface area contributed by atoms with Gasteiger partial charge in [-0.25, -0.2) is 0 Å². The summed E-state index contributed by atoms with van der Waals surface area (Å²) in [6.45, 7) is 7.18. The first-order valence-electron chi connectivity index (χ1n) is 6.99. The van der Waals surface area contributed by atoms with Crippen molar-refractivity contribution >= 4 is 6.29 Å². The quantitative estimate of drug-likeness (QED) is 0.708. The SMILES string of the molecule is CCC1(C)CC(C=O)(N2CCCCC2)CCO1. The molecule has 2 fully saturated rings. The van der Waals surface area contributed by atoms with Crippen molar-refractivity contribution in [3.05, 3.63) is 0 Å². The van der Waals surface area contributed by atoms with E-state index in [2.05, 4.69) is 18.7 Å². The van der Waals surface area contributed by atoms with E-state index in [1.807, 2.05) is 0 Å². The first-order chi connectivity index (χ1) is 8.14. The molecule has 2 heterocycles. The normalized spacial score (nSPS) is 40.1. The van der Waals surface area contributed by atoms with Crippen molar-refractivity contribution in [3.63, 3.8) is 0 Å². The van der Waals surface area contributed by atoms with Crippen molar-refractivity contribution < 1.29 is 9.53 Å². The summed E-state index contributed by atoms with van der Waals surface area (Å²) in [5.41, 5.74) is -0.361. The lowest BCUT2D eigenvalue weighted by Crippen LogP contribution is -2.59. The van der Waals surface area contributed by atoms with Gasteiger partial charge in [0.05, 0.1) is 11.1 Å². The molecule has 3 heteroatoms. The van der Waals surface area contributed by atoms with Crippen molar-refractivity contribution in [2.45, 2.75) is 63.5 Å². The predicted octanol–water partition coefficient (Wildman–Crippen LogP) is 2.39. The minimum Gasteiger partial charge on any atom is -0.375 e. The maximum atomic E-state index is 11.7. The van der Waals surface area contributed by atoms with Gasteiger partial charge in [-0.1, -0.05) is 13.3 Å². The first-order valence-corrected chi connectivity index (χ1v) is 6.99. The van der Waals surface area contributed by atoms with E-state index in [1.54, 1.807) is 0 Å². The van der Waals surface area contributed by atoms with Gasteiger partial charge in [0.25, 0.3) is 0 Å². The molecule has 2 saturated heterocycles. The number of hydrogen-bond donors (Lipinski definition) is 0. The second-order valence-electron chi connectivity index (χ2n) is 5.85. The van der Waals surface area contributed by atoms with Crippen LogP contribution in [0.15, 0.2) is 0 Å². The maximum Gasteiger partial charge on any atom is 0.140 e. The van der Waals surface area contributed by atoms with Crippen molar-refractivity contribution in [1.82, 2.24) is 4.90 Å². The zero-order valence-electron chi connectivity index (χ0n) is 11.2. The van der Waals surface area contributed by atoms with Gasteiger partial charge in [0, 0.05) is 13.0 Å². The van der Waals surface area contributed by atoms with Gasteiger partial charge in [-0.05, 0) is 45.7 Å². The molecule has 0 spiro atoms. The minimum absolute atomic E-state index is 0.114. The number of carbonyl (C=O) groups is 1. The first kappa shape index (κ1) is 13.0. The van der Waals surface area contributed by atoms with Crippen LogP contribution < -0.4 is 0 Å². The van der Waals surface area contributed by atoms with E-state index in [-0.39, 0.29) is 11.1 Å². The Morgan fingerprint density at radius 2 is 2.00 bits per heavy atom. The standard InChI is InChI=1S/C14H25NO2/c1-3-13(2)11-14(12-16,7-10-17-13)15-8-5-4-6-9-15/h12H,3-11H2,1-2H3. The van der Waals surface area contributed by atoms with E-state index in [9.17, 15) is 4.79 Å². The number of aldehydes is 1. The Labute approximate surface area is 105 Å². The molecule has 0 aromatic carbocycles. The zero-order chi connectivity index (χ0) is 12.4. The van der Waals surface area contributed by atoms with Gasteiger partial charge in [-0.3, -0.25) is 4.90 Å². The molecule has 0 N–H and O–H groups in total. The fraction of sp³-hybridized carbons (Fsp3) is 0.929. The summed E-state index contributed by atoms with van der Waals surface area (Å²) in [7, 11) is 0. The number of carbonyl (C=O) groups excluding carboxylic acids is 1. The second-order valence-corrected chi connectivity index (χ2v) is 5.85.